The highest BCUT2D eigenvalue weighted by Gasteiger charge is 2.21. The van der Waals surface area contributed by atoms with Crippen molar-refractivity contribution in [1.29, 1.82) is 0 Å². The van der Waals surface area contributed by atoms with E-state index >= 15 is 0 Å². The zero-order valence-corrected chi connectivity index (χ0v) is 19.4. The topological polar surface area (TPSA) is 40.5 Å². The summed E-state index contributed by atoms with van der Waals surface area (Å²) in [5.74, 6) is -0.746. The Labute approximate surface area is 202 Å². The fourth-order valence-electron chi connectivity index (χ4n) is 4.39. The van der Waals surface area contributed by atoms with Crippen molar-refractivity contribution in [2.45, 2.75) is 38.4 Å². The second-order valence-corrected chi connectivity index (χ2v) is 8.73. The van der Waals surface area contributed by atoms with E-state index in [2.05, 4.69) is 102 Å². The van der Waals surface area contributed by atoms with E-state index in [9.17, 15) is 9.90 Å². The van der Waals surface area contributed by atoms with Crippen molar-refractivity contribution >= 4 is 5.97 Å². The van der Waals surface area contributed by atoms with Crippen LogP contribution in [0.5, 0.6) is 0 Å². The second kappa shape index (κ2) is 12.0. The van der Waals surface area contributed by atoms with Crippen molar-refractivity contribution in [3.05, 3.63) is 132 Å². The third-order valence-electron chi connectivity index (χ3n) is 6.20. The lowest BCUT2D eigenvalue weighted by molar-refractivity contribution is -0.137. The predicted octanol–water partition coefficient (Wildman–Crippen LogP) is 6.83. The van der Waals surface area contributed by atoms with E-state index in [4.69, 9.17) is 0 Å². The quantitative estimate of drug-likeness (QED) is 0.273. The first-order valence-electron chi connectivity index (χ1n) is 11.9. The summed E-state index contributed by atoms with van der Waals surface area (Å²) in [5, 5.41) is 9.43. The number of carbonyl (C=O) groups is 1. The Balaban J connectivity index is 1.58. The van der Waals surface area contributed by atoms with Crippen molar-refractivity contribution < 1.29 is 9.90 Å². The first-order valence-corrected chi connectivity index (χ1v) is 11.9. The smallest absolute Gasteiger partial charge is 0.303 e. The molecule has 3 heteroatoms. The molecule has 0 aliphatic rings. The van der Waals surface area contributed by atoms with Crippen molar-refractivity contribution in [2.75, 3.05) is 0 Å². The maximum absolute atomic E-state index is 11.5. The number of hydrogen-bond acceptors (Lipinski definition) is 2. The van der Waals surface area contributed by atoms with Gasteiger partial charge in [-0.1, -0.05) is 115 Å². The fourth-order valence-corrected chi connectivity index (χ4v) is 4.39. The standard InChI is InChI=1S/C31H31NO2/c33-31(34)21-20-30(22-25-16-18-29(19-17-25)28-14-8-3-9-15-28)32(23-26-10-4-1-5-11-26)24-27-12-6-2-7-13-27/h1-19,30H,20-24H2,(H,33,34). The van der Waals surface area contributed by atoms with Crippen molar-refractivity contribution in [3.63, 3.8) is 0 Å². The molecule has 0 bridgehead atoms. The molecule has 0 aliphatic heterocycles. The lowest BCUT2D eigenvalue weighted by Gasteiger charge is -2.32. The van der Waals surface area contributed by atoms with Gasteiger partial charge in [0, 0.05) is 25.6 Å². The number of rotatable bonds is 11. The molecule has 0 radical (unpaired) electrons. The van der Waals surface area contributed by atoms with Gasteiger partial charge in [-0.15, -0.1) is 0 Å². The average Bonchev–Trinajstić information content (AvgIpc) is 2.88. The summed E-state index contributed by atoms with van der Waals surface area (Å²) in [6.07, 6.45) is 1.57. The molecule has 1 unspecified atom stereocenters. The molecule has 0 saturated heterocycles. The highest BCUT2D eigenvalue weighted by atomic mass is 16.4. The zero-order chi connectivity index (χ0) is 23.6. The fraction of sp³-hybridized carbons (Fsp3) is 0.194. The number of aliphatic carboxylic acids is 1. The van der Waals surface area contributed by atoms with E-state index in [-0.39, 0.29) is 12.5 Å². The number of nitrogens with zero attached hydrogens (tertiary/aromatic N) is 1. The molecular weight excluding hydrogens is 418 g/mol. The minimum Gasteiger partial charge on any atom is -0.481 e. The Hall–Kier alpha value is -3.69. The molecule has 0 aliphatic carbocycles. The summed E-state index contributed by atoms with van der Waals surface area (Å²) in [6.45, 7) is 1.56. The first kappa shape index (κ1) is 23.5. The largest absolute Gasteiger partial charge is 0.481 e. The lowest BCUT2D eigenvalue weighted by Crippen LogP contribution is -2.36. The van der Waals surface area contributed by atoms with E-state index in [0.717, 1.165) is 19.5 Å². The van der Waals surface area contributed by atoms with Crippen LogP contribution in [0.2, 0.25) is 0 Å². The van der Waals surface area contributed by atoms with Crippen LogP contribution in [0, 0.1) is 0 Å². The van der Waals surface area contributed by atoms with Crippen LogP contribution in [-0.2, 0) is 24.3 Å². The molecule has 1 N–H and O–H groups in total. The zero-order valence-electron chi connectivity index (χ0n) is 19.4. The highest BCUT2D eigenvalue weighted by Crippen LogP contribution is 2.23. The van der Waals surface area contributed by atoms with Gasteiger partial charge in [0.2, 0.25) is 0 Å². The van der Waals surface area contributed by atoms with Gasteiger partial charge in [0.25, 0.3) is 0 Å². The SMILES string of the molecule is O=C(O)CCC(Cc1ccc(-c2ccccc2)cc1)N(Cc1ccccc1)Cc1ccccc1. The van der Waals surface area contributed by atoms with Crippen molar-refractivity contribution in [1.82, 2.24) is 4.90 Å². The van der Waals surface area contributed by atoms with Crippen LogP contribution in [0.15, 0.2) is 115 Å². The van der Waals surface area contributed by atoms with Gasteiger partial charge < -0.3 is 5.11 Å². The third kappa shape index (κ3) is 6.90. The summed E-state index contributed by atoms with van der Waals surface area (Å²) in [7, 11) is 0. The van der Waals surface area contributed by atoms with Crippen LogP contribution >= 0.6 is 0 Å². The van der Waals surface area contributed by atoms with E-state index < -0.39 is 5.97 Å². The summed E-state index contributed by atoms with van der Waals surface area (Å²) >= 11 is 0. The van der Waals surface area contributed by atoms with Crippen LogP contribution in [-0.4, -0.2) is 22.0 Å². The Morgan fingerprint density at radius 3 is 1.59 bits per heavy atom. The van der Waals surface area contributed by atoms with Gasteiger partial charge in [0.1, 0.15) is 0 Å². The van der Waals surface area contributed by atoms with Gasteiger partial charge in [0.05, 0.1) is 0 Å². The maximum Gasteiger partial charge on any atom is 0.303 e. The molecule has 0 saturated carbocycles. The van der Waals surface area contributed by atoms with Gasteiger partial charge in [-0.25, -0.2) is 0 Å². The number of benzene rings is 4. The molecule has 0 fully saturated rings. The molecule has 0 heterocycles. The monoisotopic (exact) mass is 449 g/mol. The molecule has 0 amide bonds. The van der Waals surface area contributed by atoms with Crippen molar-refractivity contribution in [3.8, 4) is 11.1 Å². The minimum absolute atomic E-state index is 0.110. The summed E-state index contributed by atoms with van der Waals surface area (Å²) < 4.78 is 0. The van der Waals surface area contributed by atoms with Gasteiger partial charge in [-0.05, 0) is 40.7 Å². The minimum atomic E-state index is -0.746. The average molecular weight is 450 g/mol. The Bertz CT molecular complexity index is 1100. The lowest BCUT2D eigenvalue weighted by atomic mass is 9.96. The predicted molar refractivity (Wildman–Crippen MR) is 138 cm³/mol. The highest BCUT2D eigenvalue weighted by molar-refractivity contribution is 5.66. The molecule has 1 atom stereocenters. The second-order valence-electron chi connectivity index (χ2n) is 8.73. The molecule has 0 aromatic heterocycles. The molecule has 0 spiro atoms. The summed E-state index contributed by atoms with van der Waals surface area (Å²) in [4.78, 5) is 13.9. The van der Waals surface area contributed by atoms with Gasteiger partial charge >= 0.3 is 5.97 Å². The van der Waals surface area contributed by atoms with E-state index in [1.165, 1.54) is 27.8 Å². The Kier molecular flexibility index (Phi) is 8.26. The van der Waals surface area contributed by atoms with E-state index in [0.29, 0.717) is 6.42 Å². The Morgan fingerprint density at radius 1 is 0.618 bits per heavy atom. The van der Waals surface area contributed by atoms with Gasteiger partial charge in [-0.3, -0.25) is 9.69 Å². The van der Waals surface area contributed by atoms with Gasteiger partial charge in [0.15, 0.2) is 0 Å². The summed E-state index contributed by atoms with van der Waals surface area (Å²) in [5.41, 5.74) is 6.08. The first-order chi connectivity index (χ1) is 16.7. The molecule has 4 aromatic carbocycles. The number of carboxylic acid groups (broad SMARTS) is 1. The van der Waals surface area contributed by atoms with Gasteiger partial charge in [-0.2, -0.15) is 0 Å². The molecule has 4 aromatic rings. The molecular formula is C31H31NO2. The normalized spacial score (nSPS) is 11.9. The van der Waals surface area contributed by atoms with E-state index in [1.807, 2.05) is 18.2 Å². The third-order valence-corrected chi connectivity index (χ3v) is 6.20. The van der Waals surface area contributed by atoms with Crippen LogP contribution < -0.4 is 0 Å². The number of carboxylic acids is 1. The molecule has 4 rings (SSSR count). The van der Waals surface area contributed by atoms with Crippen LogP contribution in [0.25, 0.3) is 11.1 Å². The molecule has 34 heavy (non-hydrogen) atoms. The van der Waals surface area contributed by atoms with Crippen LogP contribution in [0.1, 0.15) is 29.5 Å². The van der Waals surface area contributed by atoms with Crippen molar-refractivity contribution in [2.24, 2.45) is 0 Å². The van der Waals surface area contributed by atoms with Crippen LogP contribution in [0.4, 0.5) is 0 Å². The Morgan fingerprint density at radius 2 is 1.09 bits per heavy atom. The summed E-state index contributed by atoms with van der Waals surface area (Å²) in [6, 6.07) is 40.0. The van der Waals surface area contributed by atoms with E-state index in [1.54, 1.807) is 0 Å². The van der Waals surface area contributed by atoms with Crippen LogP contribution in [0.3, 0.4) is 0 Å². The number of hydrogen-bond donors (Lipinski definition) is 1. The molecule has 172 valence electrons. The maximum atomic E-state index is 11.5. The molecule has 3 nitrogen and oxygen atoms in total.